The molecule has 3 aliphatic rings. The zero-order valence-corrected chi connectivity index (χ0v) is 18.5. The Morgan fingerprint density at radius 3 is 2.59 bits per heavy atom. The van der Waals surface area contributed by atoms with Crippen LogP contribution in [0.5, 0.6) is 5.75 Å². The molecule has 2 atom stereocenters. The van der Waals surface area contributed by atoms with E-state index >= 15 is 0 Å². The normalized spacial score (nSPS) is 25.1. The third-order valence-electron chi connectivity index (χ3n) is 6.59. The van der Waals surface area contributed by atoms with Crippen LogP contribution in [0.1, 0.15) is 64.4 Å². The average Bonchev–Trinajstić information content (AvgIpc) is 3.19. The number of ether oxygens (including phenoxy) is 1. The zero-order valence-electron chi connectivity index (χ0n) is 18.5. The summed E-state index contributed by atoms with van der Waals surface area (Å²) in [4.78, 5) is 37.4. The number of rotatable bonds is 4. The Balaban J connectivity index is 1.85. The van der Waals surface area contributed by atoms with Gasteiger partial charge in [0, 0.05) is 29.8 Å². The van der Waals surface area contributed by atoms with Crippen molar-refractivity contribution in [1.82, 2.24) is 5.32 Å². The standard InChI is InChI=1S/C24H28N2O6/c1-13-20(23(29)32-15-6-4-5-7-15)21(14-8-9-18(27)17(10-14)26(30)31)22-16(25-13)11-24(2,3)12-19(22)28/h8-11,15,21-22,25,27H,4-7,12H2,1-3H3. The predicted molar refractivity (Wildman–Crippen MR) is 117 cm³/mol. The molecule has 1 aliphatic heterocycles. The van der Waals surface area contributed by atoms with E-state index in [2.05, 4.69) is 5.32 Å². The van der Waals surface area contributed by atoms with E-state index in [4.69, 9.17) is 4.74 Å². The molecule has 8 heteroatoms. The smallest absolute Gasteiger partial charge is 0.336 e. The highest BCUT2D eigenvalue weighted by Gasteiger charge is 2.47. The number of nitrogens with zero attached hydrogens (tertiary/aromatic N) is 1. The number of esters is 1. The van der Waals surface area contributed by atoms with Crippen LogP contribution < -0.4 is 5.32 Å². The van der Waals surface area contributed by atoms with Crippen molar-refractivity contribution >= 4 is 17.4 Å². The molecule has 2 unspecified atom stereocenters. The molecule has 1 saturated carbocycles. The summed E-state index contributed by atoms with van der Waals surface area (Å²) < 4.78 is 5.78. The van der Waals surface area contributed by atoms with Crippen molar-refractivity contribution in [1.29, 1.82) is 0 Å². The van der Waals surface area contributed by atoms with E-state index in [0.717, 1.165) is 25.7 Å². The fourth-order valence-electron chi connectivity index (χ4n) is 5.20. The van der Waals surface area contributed by atoms with Gasteiger partial charge in [-0.15, -0.1) is 0 Å². The molecule has 2 aliphatic carbocycles. The van der Waals surface area contributed by atoms with E-state index in [0.29, 0.717) is 29.0 Å². The zero-order chi connectivity index (χ0) is 23.2. The lowest BCUT2D eigenvalue weighted by Gasteiger charge is -2.41. The Kier molecular flexibility index (Phi) is 5.56. The molecule has 32 heavy (non-hydrogen) atoms. The summed E-state index contributed by atoms with van der Waals surface area (Å²) in [7, 11) is 0. The van der Waals surface area contributed by atoms with Gasteiger partial charge in [0.2, 0.25) is 0 Å². The molecule has 1 aromatic carbocycles. The van der Waals surface area contributed by atoms with Gasteiger partial charge in [0.25, 0.3) is 0 Å². The minimum Gasteiger partial charge on any atom is -0.502 e. The van der Waals surface area contributed by atoms with Crippen molar-refractivity contribution in [2.24, 2.45) is 11.3 Å². The van der Waals surface area contributed by atoms with Crippen LogP contribution in [0.3, 0.4) is 0 Å². The number of fused-ring (bicyclic) bond motifs is 1. The number of Topliss-reactive ketones (excluding diaryl/α,β-unsaturated/α-hetero) is 1. The minimum absolute atomic E-state index is 0.0422. The number of nitro benzene ring substituents is 1. The highest BCUT2D eigenvalue weighted by Crippen LogP contribution is 2.48. The Bertz CT molecular complexity index is 1050. The second-order valence-electron chi connectivity index (χ2n) is 9.67. The van der Waals surface area contributed by atoms with Gasteiger partial charge in [-0.05, 0) is 49.7 Å². The Hall–Kier alpha value is -3.16. The lowest BCUT2D eigenvalue weighted by Crippen LogP contribution is -2.43. The molecule has 8 nitrogen and oxygen atoms in total. The van der Waals surface area contributed by atoms with Crippen molar-refractivity contribution in [3.05, 3.63) is 56.9 Å². The maximum atomic E-state index is 13.3. The van der Waals surface area contributed by atoms with Gasteiger partial charge in [0.15, 0.2) is 5.75 Å². The lowest BCUT2D eigenvalue weighted by atomic mass is 9.66. The topological polar surface area (TPSA) is 119 Å². The summed E-state index contributed by atoms with van der Waals surface area (Å²) in [5.41, 5.74) is 1.20. The van der Waals surface area contributed by atoms with Crippen LogP contribution in [0.25, 0.3) is 0 Å². The molecule has 1 aromatic rings. The maximum Gasteiger partial charge on any atom is 0.336 e. The number of phenols is 1. The van der Waals surface area contributed by atoms with Gasteiger partial charge in [-0.2, -0.15) is 0 Å². The quantitative estimate of drug-likeness (QED) is 0.408. The molecule has 0 amide bonds. The molecule has 1 heterocycles. The molecule has 0 aromatic heterocycles. The van der Waals surface area contributed by atoms with Crippen LogP contribution in [-0.2, 0) is 14.3 Å². The highest BCUT2D eigenvalue weighted by molar-refractivity contribution is 5.96. The highest BCUT2D eigenvalue weighted by atomic mass is 16.6. The number of aromatic hydroxyl groups is 1. The average molecular weight is 440 g/mol. The van der Waals surface area contributed by atoms with Gasteiger partial charge in [-0.25, -0.2) is 4.79 Å². The molecular weight excluding hydrogens is 412 g/mol. The SMILES string of the molecule is CC1=C(C(=O)OC2CCCC2)C(c2ccc(O)c([N+](=O)[O-])c2)C2C(=O)CC(C)(C)C=C2N1. The second kappa shape index (κ2) is 8.07. The second-order valence-corrected chi connectivity index (χ2v) is 9.67. The number of carbonyl (C=O) groups excluding carboxylic acids is 2. The summed E-state index contributed by atoms with van der Waals surface area (Å²) in [5.74, 6) is -2.42. The van der Waals surface area contributed by atoms with Crippen LogP contribution in [0.2, 0.25) is 0 Å². The minimum atomic E-state index is -0.737. The Morgan fingerprint density at radius 1 is 1.25 bits per heavy atom. The van der Waals surface area contributed by atoms with Gasteiger partial charge in [-0.1, -0.05) is 26.0 Å². The number of allylic oxidation sites excluding steroid dienone is 3. The Morgan fingerprint density at radius 2 is 1.94 bits per heavy atom. The van der Waals surface area contributed by atoms with E-state index in [-0.39, 0.29) is 17.3 Å². The van der Waals surface area contributed by atoms with Gasteiger partial charge < -0.3 is 15.2 Å². The first kappa shape index (κ1) is 22.0. The number of ketones is 1. The van der Waals surface area contributed by atoms with Crippen LogP contribution >= 0.6 is 0 Å². The molecular formula is C24H28N2O6. The first-order valence-corrected chi connectivity index (χ1v) is 11.0. The van der Waals surface area contributed by atoms with Crippen molar-refractivity contribution in [3.63, 3.8) is 0 Å². The van der Waals surface area contributed by atoms with Gasteiger partial charge in [-0.3, -0.25) is 14.9 Å². The van der Waals surface area contributed by atoms with Crippen LogP contribution in [0, 0.1) is 21.4 Å². The first-order chi connectivity index (χ1) is 15.1. The number of nitrogens with one attached hydrogen (secondary N) is 1. The van der Waals surface area contributed by atoms with Gasteiger partial charge in [0.1, 0.15) is 11.9 Å². The summed E-state index contributed by atoms with van der Waals surface area (Å²) in [6, 6.07) is 4.04. The molecule has 0 saturated heterocycles. The predicted octanol–water partition coefficient (Wildman–Crippen LogP) is 4.25. The van der Waals surface area contributed by atoms with Crippen molar-refractivity contribution < 1.29 is 24.4 Å². The molecule has 4 rings (SSSR count). The summed E-state index contributed by atoms with van der Waals surface area (Å²) in [5, 5.41) is 24.6. The van der Waals surface area contributed by atoms with Crippen molar-refractivity contribution in [3.8, 4) is 5.75 Å². The molecule has 0 bridgehead atoms. The number of hydrogen-bond donors (Lipinski definition) is 2. The molecule has 0 spiro atoms. The van der Waals surface area contributed by atoms with Crippen molar-refractivity contribution in [2.75, 3.05) is 0 Å². The third kappa shape index (κ3) is 4.01. The van der Waals surface area contributed by atoms with Gasteiger partial charge in [0.05, 0.1) is 16.4 Å². The van der Waals surface area contributed by atoms with Crippen LogP contribution in [0.15, 0.2) is 41.2 Å². The lowest BCUT2D eigenvalue weighted by molar-refractivity contribution is -0.385. The van der Waals surface area contributed by atoms with Crippen LogP contribution in [0.4, 0.5) is 5.69 Å². The molecule has 0 radical (unpaired) electrons. The fourth-order valence-corrected chi connectivity index (χ4v) is 5.20. The van der Waals surface area contributed by atoms with Crippen LogP contribution in [-0.4, -0.2) is 27.9 Å². The largest absolute Gasteiger partial charge is 0.502 e. The monoisotopic (exact) mass is 440 g/mol. The molecule has 2 N–H and O–H groups in total. The van der Waals surface area contributed by atoms with Gasteiger partial charge >= 0.3 is 11.7 Å². The molecule has 170 valence electrons. The number of phenolic OH excluding ortho intramolecular Hbond substituents is 1. The summed E-state index contributed by atoms with van der Waals surface area (Å²) >= 11 is 0. The van der Waals surface area contributed by atoms with E-state index in [1.54, 1.807) is 13.0 Å². The summed E-state index contributed by atoms with van der Waals surface area (Å²) in [6.45, 7) is 5.70. The van der Waals surface area contributed by atoms with E-state index < -0.39 is 34.2 Å². The number of hydrogen-bond acceptors (Lipinski definition) is 7. The third-order valence-corrected chi connectivity index (χ3v) is 6.59. The Labute approximate surface area is 186 Å². The first-order valence-electron chi connectivity index (χ1n) is 11.0. The van der Waals surface area contributed by atoms with E-state index in [1.807, 2.05) is 19.9 Å². The number of carbonyl (C=O) groups is 2. The maximum absolute atomic E-state index is 13.3. The number of nitro groups is 1. The number of benzene rings is 1. The summed E-state index contributed by atoms with van der Waals surface area (Å²) in [6.07, 6.45) is 5.77. The van der Waals surface area contributed by atoms with E-state index in [9.17, 15) is 24.8 Å². The fraction of sp³-hybridized carbons (Fsp3) is 0.500. The van der Waals surface area contributed by atoms with E-state index in [1.165, 1.54) is 12.1 Å². The molecule has 1 fully saturated rings. The van der Waals surface area contributed by atoms with Crippen molar-refractivity contribution in [2.45, 2.75) is 64.9 Å².